The van der Waals surface area contributed by atoms with Gasteiger partial charge in [-0.3, -0.25) is 4.57 Å². The van der Waals surface area contributed by atoms with Crippen molar-refractivity contribution in [3.05, 3.63) is 88.7 Å². The van der Waals surface area contributed by atoms with Gasteiger partial charge in [-0.05, 0) is 80.6 Å². The fraction of sp³-hybridized carbons (Fsp3) is 0.0800. The molecule has 0 N–H and O–H groups in total. The van der Waals surface area contributed by atoms with Crippen LogP contribution in [0.25, 0.3) is 38.7 Å². The molecule has 0 fully saturated rings. The summed E-state index contributed by atoms with van der Waals surface area (Å²) >= 11 is 7.17. The van der Waals surface area contributed by atoms with Gasteiger partial charge in [0.2, 0.25) is 0 Å². The van der Waals surface area contributed by atoms with Crippen molar-refractivity contribution >= 4 is 69.3 Å². The van der Waals surface area contributed by atoms with Gasteiger partial charge in [0.25, 0.3) is 0 Å². The zero-order chi connectivity index (χ0) is 20.9. The molecule has 0 saturated carbocycles. The first-order valence-electron chi connectivity index (χ1n) is 10.1. The molecule has 0 unspecified atom stereocenters. The molecule has 0 aliphatic carbocycles. The first-order valence-corrected chi connectivity index (χ1v) is 11.7. The summed E-state index contributed by atoms with van der Waals surface area (Å²) in [4.78, 5) is 14.5. The summed E-state index contributed by atoms with van der Waals surface area (Å²) in [5.41, 5.74) is 5.33. The van der Waals surface area contributed by atoms with Gasteiger partial charge in [-0.15, -0.1) is 0 Å². The van der Waals surface area contributed by atoms with Crippen LogP contribution >= 0.6 is 31.9 Å². The number of hydrogen-bond donors (Lipinski definition) is 0. The lowest BCUT2D eigenvalue weighted by Gasteiger charge is -2.15. The van der Waals surface area contributed by atoms with E-state index in [0.29, 0.717) is 0 Å². The number of rotatable bonds is 1. The molecule has 0 saturated heterocycles. The Morgan fingerprint density at radius 1 is 0.871 bits per heavy atom. The zero-order valence-corrected chi connectivity index (χ0v) is 19.6. The molecule has 1 aliphatic heterocycles. The highest BCUT2D eigenvalue weighted by Gasteiger charge is 2.17. The molecule has 4 nitrogen and oxygen atoms in total. The Hall–Kier alpha value is -2.83. The lowest BCUT2D eigenvalue weighted by atomic mass is 9.98. The molecule has 0 radical (unpaired) electrons. The smallest absolute Gasteiger partial charge is 0.146 e. The topological polar surface area (TPSA) is 43.1 Å². The van der Waals surface area contributed by atoms with Crippen molar-refractivity contribution in [3.63, 3.8) is 0 Å². The second kappa shape index (κ2) is 7.39. The molecule has 5 aromatic rings. The number of halogens is 2. The maximum Gasteiger partial charge on any atom is 0.146 e. The number of benzene rings is 2. The molecule has 6 heteroatoms. The number of hydrogen-bond acceptors (Lipinski definition) is 3. The second-order valence-electron chi connectivity index (χ2n) is 7.53. The Bertz CT molecular complexity index is 1510. The van der Waals surface area contributed by atoms with Crippen molar-refractivity contribution in [1.29, 1.82) is 0 Å². The van der Waals surface area contributed by atoms with Crippen LogP contribution in [0.5, 0.6) is 0 Å². The largest absolute Gasteiger partial charge is 0.278 e. The third-order valence-corrected chi connectivity index (χ3v) is 6.85. The molecule has 2 aromatic carbocycles. The van der Waals surface area contributed by atoms with Crippen LogP contribution in [-0.4, -0.2) is 19.2 Å². The third-order valence-electron chi connectivity index (χ3n) is 5.75. The predicted molar refractivity (Wildman–Crippen MR) is 135 cm³/mol. The van der Waals surface area contributed by atoms with Gasteiger partial charge in [0.1, 0.15) is 20.7 Å². The first-order chi connectivity index (χ1) is 15.2. The van der Waals surface area contributed by atoms with Crippen LogP contribution in [0.2, 0.25) is 0 Å². The van der Waals surface area contributed by atoms with E-state index in [-0.39, 0.29) is 0 Å². The normalized spacial score (nSPS) is 14.3. The average molecular weight is 532 g/mol. The van der Waals surface area contributed by atoms with Gasteiger partial charge in [0, 0.05) is 27.9 Å². The molecule has 0 spiro atoms. The van der Waals surface area contributed by atoms with Crippen LogP contribution in [0.1, 0.15) is 17.5 Å². The van der Waals surface area contributed by atoms with Crippen LogP contribution in [-0.2, 0) is 6.42 Å². The number of fused-ring (bicyclic) bond motifs is 6. The van der Waals surface area contributed by atoms with Gasteiger partial charge in [-0.2, -0.15) is 0 Å². The van der Waals surface area contributed by atoms with Gasteiger partial charge >= 0.3 is 0 Å². The van der Waals surface area contributed by atoms with Crippen LogP contribution in [0.3, 0.4) is 0 Å². The van der Waals surface area contributed by atoms with Gasteiger partial charge < -0.3 is 0 Å². The van der Waals surface area contributed by atoms with E-state index in [1.165, 1.54) is 10.9 Å². The van der Waals surface area contributed by atoms with E-state index in [1.54, 1.807) is 0 Å². The van der Waals surface area contributed by atoms with Crippen molar-refractivity contribution in [1.82, 2.24) is 14.5 Å². The van der Waals surface area contributed by atoms with Gasteiger partial charge in [-0.1, -0.05) is 36.4 Å². The van der Waals surface area contributed by atoms with Crippen molar-refractivity contribution in [2.45, 2.75) is 12.8 Å². The van der Waals surface area contributed by atoms with E-state index in [9.17, 15) is 0 Å². The number of nitrogens with zero attached hydrogens (tertiary/aromatic N) is 4. The van der Waals surface area contributed by atoms with E-state index >= 15 is 0 Å². The molecule has 6 rings (SSSR count). The SMILES string of the molecule is BrC1=CCCc2c(ccc3ccc(-n4c5ccccc5c5cccnc54)nc23)C(Br)=N1. The molecule has 1 aliphatic rings. The molecule has 4 heterocycles. The Morgan fingerprint density at radius 2 is 1.71 bits per heavy atom. The van der Waals surface area contributed by atoms with E-state index in [1.807, 2.05) is 12.3 Å². The minimum atomic E-state index is 0.818. The molecule has 3 aromatic heterocycles. The van der Waals surface area contributed by atoms with Gasteiger partial charge in [0.15, 0.2) is 0 Å². The van der Waals surface area contributed by atoms with Gasteiger partial charge in [-0.25, -0.2) is 15.0 Å². The van der Waals surface area contributed by atoms with E-state index in [0.717, 1.165) is 60.9 Å². The second-order valence-corrected chi connectivity index (χ2v) is 9.09. The van der Waals surface area contributed by atoms with Crippen LogP contribution in [0.15, 0.2) is 82.5 Å². The van der Waals surface area contributed by atoms with Crippen molar-refractivity contribution in [3.8, 4) is 5.82 Å². The fourth-order valence-electron chi connectivity index (χ4n) is 4.37. The summed E-state index contributed by atoms with van der Waals surface area (Å²) in [6, 6.07) is 21.0. The Morgan fingerprint density at radius 3 is 2.65 bits per heavy atom. The predicted octanol–water partition coefficient (Wildman–Crippen LogP) is 7.05. The van der Waals surface area contributed by atoms with Crippen LogP contribution < -0.4 is 0 Å². The highest BCUT2D eigenvalue weighted by Crippen LogP contribution is 2.32. The van der Waals surface area contributed by atoms with Crippen molar-refractivity contribution in [2.24, 2.45) is 4.99 Å². The zero-order valence-electron chi connectivity index (χ0n) is 16.4. The maximum absolute atomic E-state index is 5.17. The van der Waals surface area contributed by atoms with Gasteiger partial charge in [0.05, 0.1) is 11.0 Å². The molecule has 0 atom stereocenters. The molecular formula is C25H16Br2N4. The summed E-state index contributed by atoms with van der Waals surface area (Å²) in [7, 11) is 0. The number of allylic oxidation sites excluding steroid dienone is 1. The maximum atomic E-state index is 5.17. The summed E-state index contributed by atoms with van der Waals surface area (Å²) in [5, 5.41) is 3.44. The summed E-state index contributed by atoms with van der Waals surface area (Å²) in [6.45, 7) is 0. The number of aliphatic imine (C=N–C) groups is 1. The fourth-order valence-corrected chi connectivity index (χ4v) is 5.58. The summed E-state index contributed by atoms with van der Waals surface area (Å²) in [6.07, 6.45) is 5.74. The molecule has 150 valence electrons. The molecule has 0 bridgehead atoms. The molecule has 31 heavy (non-hydrogen) atoms. The first kappa shape index (κ1) is 18.9. The number of aryl methyl sites for hydroxylation is 1. The quantitative estimate of drug-likeness (QED) is 0.217. The number of para-hydroxylation sites is 1. The Balaban J connectivity index is 1.66. The van der Waals surface area contributed by atoms with Crippen LogP contribution in [0.4, 0.5) is 0 Å². The standard InChI is InChI=1S/C25H16Br2N4/c26-21-9-3-6-17-18(24(27)29-21)12-10-15-11-13-22(30-23(15)17)31-20-8-2-1-5-16(20)19-7-4-14-28-25(19)31/h1-2,4-5,7-14H,3,6H2. The monoisotopic (exact) mass is 530 g/mol. The minimum Gasteiger partial charge on any atom is -0.278 e. The highest BCUT2D eigenvalue weighted by molar-refractivity contribution is 9.18. The van der Waals surface area contributed by atoms with Crippen molar-refractivity contribution < 1.29 is 0 Å². The minimum absolute atomic E-state index is 0.818. The van der Waals surface area contributed by atoms with E-state index in [4.69, 9.17) is 9.97 Å². The lowest BCUT2D eigenvalue weighted by molar-refractivity contribution is 0.989. The van der Waals surface area contributed by atoms with E-state index < -0.39 is 0 Å². The van der Waals surface area contributed by atoms with Crippen molar-refractivity contribution in [2.75, 3.05) is 0 Å². The summed E-state index contributed by atoms with van der Waals surface area (Å²) in [5.74, 6) is 0.873. The summed E-state index contributed by atoms with van der Waals surface area (Å²) < 4.78 is 3.83. The van der Waals surface area contributed by atoms with E-state index in [2.05, 4.69) is 102 Å². The molecular weight excluding hydrogens is 516 g/mol. The molecule has 0 amide bonds. The highest BCUT2D eigenvalue weighted by atomic mass is 79.9. The third kappa shape index (κ3) is 3.05. The van der Waals surface area contributed by atoms with Crippen LogP contribution in [0, 0.1) is 0 Å². The Kier molecular flexibility index (Phi) is 4.51. The number of aromatic nitrogens is 3. The number of pyridine rings is 2. The Labute approximate surface area is 195 Å². The lowest BCUT2D eigenvalue weighted by Crippen LogP contribution is -2.05. The average Bonchev–Trinajstić information content (AvgIpc) is 3.12.